The summed E-state index contributed by atoms with van der Waals surface area (Å²) in [5.74, 6) is -3.07. The molecule has 2 aromatic rings. The summed E-state index contributed by atoms with van der Waals surface area (Å²) in [6.07, 6.45) is -2.03. The molecule has 5 nitrogen and oxygen atoms in total. The van der Waals surface area contributed by atoms with Gasteiger partial charge in [0.05, 0.1) is 16.8 Å². The van der Waals surface area contributed by atoms with Gasteiger partial charge in [-0.3, -0.25) is 15.2 Å². The zero-order valence-corrected chi connectivity index (χ0v) is 19.5. The van der Waals surface area contributed by atoms with Crippen molar-refractivity contribution < 1.29 is 18.0 Å². The summed E-state index contributed by atoms with van der Waals surface area (Å²) in [5.41, 5.74) is 2.47. The molecule has 1 fully saturated rings. The van der Waals surface area contributed by atoms with E-state index in [1.54, 1.807) is 5.01 Å². The summed E-state index contributed by atoms with van der Waals surface area (Å²) >= 11 is 18.3. The molecule has 0 aromatic heterocycles. The molecular weight excluding hydrogens is 500 g/mol. The number of anilines is 1. The Kier molecular flexibility index (Phi) is 7.09. The van der Waals surface area contributed by atoms with Crippen molar-refractivity contribution in [3.05, 3.63) is 63.1 Å². The van der Waals surface area contributed by atoms with E-state index in [1.165, 1.54) is 42.5 Å². The van der Waals surface area contributed by atoms with Gasteiger partial charge in [-0.05, 0) is 48.7 Å². The highest BCUT2D eigenvalue weighted by Crippen LogP contribution is 2.48. The highest BCUT2D eigenvalue weighted by molar-refractivity contribution is 6.41. The minimum atomic E-state index is -4.75. The fourth-order valence-corrected chi connectivity index (χ4v) is 4.74. The van der Waals surface area contributed by atoms with Crippen molar-refractivity contribution in [2.24, 2.45) is 11.0 Å². The Hall–Kier alpha value is -2.00. The molecule has 1 N–H and O–H groups in total. The molecule has 2 aliphatic rings. The monoisotopic (exact) mass is 518 g/mol. The van der Waals surface area contributed by atoms with Crippen LogP contribution in [0.3, 0.4) is 0 Å². The van der Waals surface area contributed by atoms with Crippen molar-refractivity contribution in [3.8, 4) is 0 Å². The van der Waals surface area contributed by atoms with Gasteiger partial charge in [-0.15, -0.1) is 0 Å². The topological polar surface area (TPSA) is 47.9 Å². The molecule has 0 bridgehead atoms. The van der Waals surface area contributed by atoms with Crippen molar-refractivity contribution in [3.63, 3.8) is 0 Å². The van der Waals surface area contributed by atoms with E-state index >= 15 is 0 Å². The average molecular weight is 520 g/mol. The number of rotatable bonds is 4. The highest BCUT2D eigenvalue weighted by Gasteiger charge is 2.56. The fraction of sp³-hybridized carbons (Fsp3) is 0.364. The molecule has 176 valence electrons. The molecule has 0 saturated carbocycles. The number of nitrogens with zero attached hydrogens (tertiary/aromatic N) is 3. The van der Waals surface area contributed by atoms with E-state index < -0.39 is 29.8 Å². The number of benzene rings is 2. The SMILES string of the molecule is O=C(NN1CCCCC1)C1=NN(c2ccc(Cl)cc2Cl)[C@H](c2ccc(Cl)cc2)[C@H]1C(F)(F)F. The summed E-state index contributed by atoms with van der Waals surface area (Å²) in [7, 11) is 0. The van der Waals surface area contributed by atoms with Gasteiger partial charge in [-0.2, -0.15) is 18.3 Å². The standard InChI is InChI=1S/C22H20Cl3F3N4O/c23-14-6-4-13(5-7-14)20-18(22(26,27)28)19(21(33)30-31-10-2-1-3-11-31)29-32(20)17-9-8-15(24)12-16(17)25/h4-9,12,18,20H,1-3,10-11H2,(H,30,33)/t18-,20+/m0/s1. The maximum atomic E-state index is 14.4. The molecule has 11 heteroatoms. The maximum Gasteiger partial charge on any atom is 0.399 e. The number of hydrazine groups is 1. The van der Waals surface area contributed by atoms with E-state index in [1.807, 2.05) is 0 Å². The van der Waals surface area contributed by atoms with Gasteiger partial charge >= 0.3 is 6.18 Å². The lowest BCUT2D eigenvalue weighted by Gasteiger charge is -2.30. The first-order valence-electron chi connectivity index (χ1n) is 10.4. The Labute approximate surface area is 204 Å². The minimum absolute atomic E-state index is 0.115. The summed E-state index contributed by atoms with van der Waals surface area (Å²) in [6, 6.07) is 9.02. The third kappa shape index (κ3) is 5.24. The number of piperidine rings is 1. The number of hydrogen-bond donors (Lipinski definition) is 1. The van der Waals surface area contributed by atoms with Crippen molar-refractivity contribution in [2.75, 3.05) is 18.1 Å². The largest absolute Gasteiger partial charge is 0.399 e. The van der Waals surface area contributed by atoms with Crippen LogP contribution in [-0.2, 0) is 4.79 Å². The van der Waals surface area contributed by atoms with E-state index in [0.717, 1.165) is 24.3 Å². The number of halogens is 6. The van der Waals surface area contributed by atoms with E-state index in [4.69, 9.17) is 34.8 Å². The number of hydrogen-bond acceptors (Lipinski definition) is 4. The first-order chi connectivity index (χ1) is 15.6. The lowest BCUT2D eigenvalue weighted by Crippen LogP contribution is -2.50. The van der Waals surface area contributed by atoms with Crippen LogP contribution in [0.4, 0.5) is 18.9 Å². The molecule has 2 heterocycles. The number of carbonyl (C=O) groups excluding carboxylic acids is 1. The molecule has 0 spiro atoms. The zero-order chi connectivity index (χ0) is 23.8. The van der Waals surface area contributed by atoms with Crippen molar-refractivity contribution >= 4 is 52.1 Å². The average Bonchev–Trinajstić information content (AvgIpc) is 3.16. The lowest BCUT2D eigenvalue weighted by molar-refractivity contribution is -0.160. The van der Waals surface area contributed by atoms with E-state index in [2.05, 4.69) is 10.5 Å². The van der Waals surface area contributed by atoms with Gasteiger partial charge in [0.25, 0.3) is 5.91 Å². The van der Waals surface area contributed by atoms with Crippen LogP contribution < -0.4 is 10.4 Å². The predicted octanol–water partition coefficient (Wildman–Crippen LogP) is 6.26. The van der Waals surface area contributed by atoms with Gasteiger partial charge in [-0.25, -0.2) is 5.01 Å². The van der Waals surface area contributed by atoms with Crippen LogP contribution >= 0.6 is 34.8 Å². The molecule has 4 rings (SSSR count). The Morgan fingerprint density at radius 3 is 2.21 bits per heavy atom. The first kappa shape index (κ1) is 24.1. The molecule has 2 aromatic carbocycles. The number of carbonyl (C=O) groups is 1. The third-order valence-electron chi connectivity index (χ3n) is 5.66. The van der Waals surface area contributed by atoms with Crippen molar-refractivity contribution in [1.82, 2.24) is 10.4 Å². The number of nitrogens with one attached hydrogen (secondary N) is 1. The van der Waals surface area contributed by atoms with Gasteiger partial charge in [0, 0.05) is 23.1 Å². The number of alkyl halides is 3. The van der Waals surface area contributed by atoms with Crippen LogP contribution in [0.1, 0.15) is 30.9 Å². The smallest absolute Gasteiger partial charge is 0.284 e. The molecule has 2 atom stereocenters. The lowest BCUT2D eigenvalue weighted by atomic mass is 9.88. The number of amides is 1. The first-order valence-corrected chi connectivity index (χ1v) is 11.5. The minimum Gasteiger partial charge on any atom is -0.284 e. The van der Waals surface area contributed by atoms with Gasteiger partial charge < -0.3 is 0 Å². The summed E-state index contributed by atoms with van der Waals surface area (Å²) < 4.78 is 43.3. The van der Waals surface area contributed by atoms with Gasteiger partial charge in [0.2, 0.25) is 0 Å². The summed E-state index contributed by atoms with van der Waals surface area (Å²) in [4.78, 5) is 13.0. The van der Waals surface area contributed by atoms with E-state index in [-0.39, 0.29) is 16.3 Å². The molecule has 33 heavy (non-hydrogen) atoms. The number of hydrazone groups is 1. The predicted molar refractivity (Wildman–Crippen MR) is 124 cm³/mol. The van der Waals surface area contributed by atoms with Gasteiger partial charge in [0.15, 0.2) is 0 Å². The van der Waals surface area contributed by atoms with E-state index in [9.17, 15) is 18.0 Å². The third-order valence-corrected chi connectivity index (χ3v) is 6.45. The summed E-state index contributed by atoms with van der Waals surface area (Å²) in [5, 5.41) is 7.77. The normalized spacial score (nSPS) is 21.8. The Balaban J connectivity index is 1.79. The van der Waals surface area contributed by atoms with Crippen LogP contribution in [0.25, 0.3) is 0 Å². The van der Waals surface area contributed by atoms with Crippen LogP contribution in [0.2, 0.25) is 15.1 Å². The molecular formula is C22H20Cl3F3N4O. The Morgan fingerprint density at radius 2 is 1.61 bits per heavy atom. The Morgan fingerprint density at radius 1 is 0.970 bits per heavy atom. The van der Waals surface area contributed by atoms with Crippen LogP contribution in [-0.4, -0.2) is 35.9 Å². The van der Waals surface area contributed by atoms with Crippen molar-refractivity contribution in [1.29, 1.82) is 0 Å². The van der Waals surface area contributed by atoms with Crippen LogP contribution in [0.15, 0.2) is 47.6 Å². The second-order valence-corrected chi connectivity index (χ2v) is 9.21. The van der Waals surface area contributed by atoms with Crippen LogP contribution in [0.5, 0.6) is 0 Å². The molecule has 1 saturated heterocycles. The molecule has 1 amide bonds. The van der Waals surface area contributed by atoms with Crippen molar-refractivity contribution in [2.45, 2.75) is 31.5 Å². The fourth-order valence-electron chi connectivity index (χ4n) is 4.12. The van der Waals surface area contributed by atoms with E-state index in [0.29, 0.717) is 23.1 Å². The highest BCUT2D eigenvalue weighted by atomic mass is 35.5. The molecule has 2 aliphatic heterocycles. The molecule has 0 radical (unpaired) electrons. The Bertz CT molecular complexity index is 1060. The second-order valence-electron chi connectivity index (χ2n) is 7.93. The maximum absolute atomic E-state index is 14.4. The van der Waals surface area contributed by atoms with Gasteiger partial charge in [-0.1, -0.05) is 53.4 Å². The zero-order valence-electron chi connectivity index (χ0n) is 17.2. The molecule has 0 aliphatic carbocycles. The quantitative estimate of drug-likeness (QED) is 0.519. The second kappa shape index (κ2) is 9.70. The molecule has 0 unspecified atom stereocenters. The van der Waals surface area contributed by atoms with Crippen LogP contribution in [0, 0.1) is 5.92 Å². The summed E-state index contributed by atoms with van der Waals surface area (Å²) in [6.45, 7) is 1.14. The van der Waals surface area contributed by atoms with Gasteiger partial charge in [0.1, 0.15) is 11.6 Å².